The molecule has 0 aliphatic heterocycles. The van der Waals surface area contributed by atoms with Gasteiger partial charge in [0.25, 0.3) is 0 Å². The molecule has 2 atom stereocenters. The second kappa shape index (κ2) is 12.1. The standard InChI is InChI=1S/C10H21.ClH.Mg/c1-5-10(4)8-6-7-9(2)3;;/h9-10H,2,5-8H2,1,3-4H3;1H;/q-1;;+2/p-1. The normalized spacial score (nSPS) is 14.0. The van der Waals surface area contributed by atoms with Gasteiger partial charge >= 0.3 is 23.1 Å². The molecule has 0 saturated heterocycles. The molecule has 0 aromatic carbocycles. The van der Waals surface area contributed by atoms with E-state index in [1.54, 1.807) is 0 Å². The van der Waals surface area contributed by atoms with Crippen LogP contribution in [-0.2, 0) is 0 Å². The molecule has 0 bridgehead atoms. The molecule has 0 fully saturated rings. The Morgan fingerprint density at radius 1 is 1.17 bits per heavy atom. The molecule has 0 saturated carbocycles. The molecular weight excluding hydrogens is 180 g/mol. The van der Waals surface area contributed by atoms with Crippen molar-refractivity contribution in [3.63, 3.8) is 0 Å². The van der Waals surface area contributed by atoms with Crippen molar-refractivity contribution in [1.29, 1.82) is 0 Å². The minimum absolute atomic E-state index is 0. The molecule has 0 radical (unpaired) electrons. The van der Waals surface area contributed by atoms with Crippen LogP contribution in [0.1, 0.15) is 46.5 Å². The van der Waals surface area contributed by atoms with Crippen molar-refractivity contribution in [2.45, 2.75) is 46.5 Å². The molecule has 0 aromatic rings. The van der Waals surface area contributed by atoms with E-state index in [-0.39, 0.29) is 35.5 Å². The van der Waals surface area contributed by atoms with E-state index in [9.17, 15) is 0 Å². The summed E-state index contributed by atoms with van der Waals surface area (Å²) in [5.41, 5.74) is 0. The molecule has 0 amide bonds. The molecule has 0 rings (SSSR count). The van der Waals surface area contributed by atoms with Crippen LogP contribution in [0, 0.1) is 18.8 Å². The van der Waals surface area contributed by atoms with Gasteiger partial charge in [-0.15, -0.1) is 0 Å². The Morgan fingerprint density at radius 2 is 1.67 bits per heavy atom. The predicted molar refractivity (Wildman–Crippen MR) is 53.6 cm³/mol. The van der Waals surface area contributed by atoms with Gasteiger partial charge < -0.3 is 19.3 Å². The van der Waals surface area contributed by atoms with Crippen LogP contribution < -0.4 is 12.4 Å². The van der Waals surface area contributed by atoms with E-state index < -0.39 is 0 Å². The zero-order valence-corrected chi connectivity index (χ0v) is 10.9. The number of hydrogen-bond donors (Lipinski definition) is 0. The summed E-state index contributed by atoms with van der Waals surface area (Å²) < 4.78 is 0. The molecule has 0 heterocycles. The largest absolute Gasteiger partial charge is 2.00 e. The van der Waals surface area contributed by atoms with E-state index in [0.717, 1.165) is 5.92 Å². The van der Waals surface area contributed by atoms with E-state index in [1.165, 1.54) is 25.7 Å². The predicted octanol–water partition coefficient (Wildman–Crippen LogP) is 0.296. The minimum Gasteiger partial charge on any atom is -1.00 e. The summed E-state index contributed by atoms with van der Waals surface area (Å²) in [6, 6.07) is 0. The third kappa shape index (κ3) is 13.6. The Morgan fingerprint density at radius 3 is 2.00 bits per heavy atom. The molecule has 2 unspecified atom stereocenters. The first kappa shape index (κ1) is 18.8. The first-order chi connectivity index (χ1) is 4.66. The van der Waals surface area contributed by atoms with Crippen LogP contribution in [0.25, 0.3) is 0 Å². The van der Waals surface area contributed by atoms with Crippen LogP contribution >= 0.6 is 0 Å². The second-order valence-electron chi connectivity index (χ2n) is 3.55. The smallest absolute Gasteiger partial charge is 1.00 e. The van der Waals surface area contributed by atoms with Crippen molar-refractivity contribution in [3.05, 3.63) is 6.92 Å². The molecule has 12 heavy (non-hydrogen) atoms. The summed E-state index contributed by atoms with van der Waals surface area (Å²) in [4.78, 5) is 0. The van der Waals surface area contributed by atoms with Crippen molar-refractivity contribution in [2.24, 2.45) is 11.8 Å². The van der Waals surface area contributed by atoms with Gasteiger partial charge in [0.15, 0.2) is 0 Å². The van der Waals surface area contributed by atoms with Crippen molar-refractivity contribution >= 4 is 23.1 Å². The van der Waals surface area contributed by atoms with Gasteiger partial charge in [-0.05, 0) is 5.92 Å². The maximum Gasteiger partial charge on any atom is 2.00 e. The van der Waals surface area contributed by atoms with E-state index in [1.807, 2.05) is 0 Å². The minimum atomic E-state index is 0. The monoisotopic (exact) mass is 200 g/mol. The van der Waals surface area contributed by atoms with Gasteiger partial charge in [-0.25, -0.2) is 0 Å². The average molecular weight is 201 g/mol. The van der Waals surface area contributed by atoms with Gasteiger partial charge in [0.1, 0.15) is 0 Å². The number of hydrogen-bond acceptors (Lipinski definition) is 0. The molecule has 2 heteroatoms. The summed E-state index contributed by atoms with van der Waals surface area (Å²) in [6.07, 6.45) is 5.37. The molecule has 0 aliphatic carbocycles. The second-order valence-corrected chi connectivity index (χ2v) is 3.55. The van der Waals surface area contributed by atoms with Crippen LogP contribution in [0.3, 0.4) is 0 Å². The van der Waals surface area contributed by atoms with Gasteiger partial charge in [0, 0.05) is 0 Å². The van der Waals surface area contributed by atoms with E-state index >= 15 is 0 Å². The Hall–Kier alpha value is 1.06. The maximum atomic E-state index is 3.96. The Labute approximate surface area is 100 Å². The first-order valence-electron chi connectivity index (χ1n) is 4.49. The van der Waals surface area contributed by atoms with E-state index in [4.69, 9.17) is 0 Å². The molecule has 0 N–H and O–H groups in total. The summed E-state index contributed by atoms with van der Waals surface area (Å²) in [6.45, 7) is 10.7. The molecule has 0 aromatic heterocycles. The van der Waals surface area contributed by atoms with E-state index in [2.05, 4.69) is 27.7 Å². The fourth-order valence-electron chi connectivity index (χ4n) is 1.02. The fraction of sp³-hybridized carbons (Fsp3) is 0.900. The van der Waals surface area contributed by atoms with Crippen molar-refractivity contribution in [2.75, 3.05) is 0 Å². The third-order valence-electron chi connectivity index (χ3n) is 2.09. The summed E-state index contributed by atoms with van der Waals surface area (Å²) in [5.74, 6) is 1.56. The van der Waals surface area contributed by atoms with E-state index in [0.29, 0.717) is 5.92 Å². The van der Waals surface area contributed by atoms with Crippen LogP contribution in [0.5, 0.6) is 0 Å². The average Bonchev–Trinajstić information content (AvgIpc) is 1.87. The fourth-order valence-corrected chi connectivity index (χ4v) is 1.02. The molecule has 0 nitrogen and oxygen atoms in total. The SMILES string of the molecule is [CH2-]C(C)CCCC(C)CC.[Cl-].[Mg+2]. The summed E-state index contributed by atoms with van der Waals surface area (Å²) >= 11 is 0. The van der Waals surface area contributed by atoms with Crippen molar-refractivity contribution in [1.82, 2.24) is 0 Å². The Balaban J connectivity index is -0.000000405. The van der Waals surface area contributed by atoms with Gasteiger partial charge in [0.05, 0.1) is 0 Å². The molecule has 0 aliphatic rings. The zero-order chi connectivity index (χ0) is 7.98. The molecule has 70 valence electrons. The van der Waals surface area contributed by atoms with Crippen molar-refractivity contribution < 1.29 is 12.4 Å². The van der Waals surface area contributed by atoms with Gasteiger partial charge in [-0.1, -0.05) is 46.5 Å². The van der Waals surface area contributed by atoms with Gasteiger partial charge in [-0.2, -0.15) is 5.92 Å². The number of rotatable bonds is 5. The topological polar surface area (TPSA) is 0 Å². The number of halogens is 1. The van der Waals surface area contributed by atoms with Crippen LogP contribution in [0.4, 0.5) is 0 Å². The van der Waals surface area contributed by atoms with Crippen LogP contribution in [-0.4, -0.2) is 23.1 Å². The maximum absolute atomic E-state index is 3.96. The Bertz CT molecular complexity index is 74.2. The van der Waals surface area contributed by atoms with Gasteiger partial charge in [0.2, 0.25) is 0 Å². The van der Waals surface area contributed by atoms with Crippen LogP contribution in [0.2, 0.25) is 0 Å². The summed E-state index contributed by atoms with van der Waals surface area (Å²) in [7, 11) is 0. The zero-order valence-electron chi connectivity index (χ0n) is 8.78. The van der Waals surface area contributed by atoms with Crippen LogP contribution in [0.15, 0.2) is 0 Å². The Kier molecular flexibility index (Phi) is 18.9. The summed E-state index contributed by atoms with van der Waals surface area (Å²) in [5, 5.41) is 0. The third-order valence-corrected chi connectivity index (χ3v) is 2.09. The molecular formula is C10H21ClMg. The molecule has 0 spiro atoms. The van der Waals surface area contributed by atoms with Crippen molar-refractivity contribution in [3.8, 4) is 0 Å². The quantitative estimate of drug-likeness (QED) is 0.443. The first-order valence-corrected chi connectivity index (χ1v) is 4.49. The van der Waals surface area contributed by atoms with Gasteiger partial charge in [-0.3, -0.25) is 0 Å².